The Kier molecular flexibility index (Phi) is 4.85. The van der Waals surface area contributed by atoms with Gasteiger partial charge in [-0.05, 0) is 38.0 Å². The third-order valence-corrected chi connectivity index (χ3v) is 4.94. The van der Waals surface area contributed by atoms with E-state index in [0.29, 0.717) is 26.5 Å². The predicted molar refractivity (Wildman–Crippen MR) is 96.7 cm³/mol. The third-order valence-electron chi connectivity index (χ3n) is 3.77. The van der Waals surface area contributed by atoms with E-state index in [1.807, 2.05) is 31.2 Å². The fourth-order valence-corrected chi connectivity index (χ4v) is 3.64. The van der Waals surface area contributed by atoms with Crippen molar-refractivity contribution in [1.82, 2.24) is 9.97 Å². The molecule has 0 aliphatic rings. The second-order valence-corrected chi connectivity index (χ2v) is 6.64. The first-order valence-electron chi connectivity index (χ1n) is 7.83. The Balaban J connectivity index is 1.67. The number of aryl methyl sites for hydroxylation is 3. The lowest BCUT2D eigenvalue weighted by Gasteiger charge is -2.09. The molecule has 0 amide bonds. The largest absolute Gasteiger partial charge is 0.490 e. The molecule has 130 valence electrons. The molecule has 0 atom stereocenters. The van der Waals surface area contributed by atoms with Crippen LogP contribution in [-0.4, -0.2) is 29.2 Å². The number of nitrogens with one attached hydrogen (secondary N) is 1. The van der Waals surface area contributed by atoms with Crippen LogP contribution in [0.2, 0.25) is 0 Å². The highest BCUT2D eigenvalue weighted by Crippen LogP contribution is 2.27. The van der Waals surface area contributed by atoms with Crippen LogP contribution in [-0.2, 0) is 4.74 Å². The Hall–Kier alpha value is -2.67. The van der Waals surface area contributed by atoms with Crippen LogP contribution in [0.4, 0.5) is 0 Å². The number of ether oxygens (including phenoxy) is 2. The molecule has 0 radical (unpaired) electrons. The normalized spacial score (nSPS) is 10.8. The van der Waals surface area contributed by atoms with E-state index in [9.17, 15) is 9.59 Å². The summed E-state index contributed by atoms with van der Waals surface area (Å²) < 4.78 is 10.9. The molecule has 6 nitrogen and oxygen atoms in total. The van der Waals surface area contributed by atoms with Crippen LogP contribution < -0.4 is 10.3 Å². The third kappa shape index (κ3) is 3.56. The van der Waals surface area contributed by atoms with Crippen molar-refractivity contribution in [3.8, 4) is 5.75 Å². The van der Waals surface area contributed by atoms with Crippen LogP contribution in [0.1, 0.15) is 26.6 Å². The predicted octanol–water partition coefficient (Wildman–Crippen LogP) is 3.15. The van der Waals surface area contributed by atoms with Gasteiger partial charge in [0.2, 0.25) is 0 Å². The number of thiophene rings is 1. The Labute approximate surface area is 148 Å². The molecule has 0 unspecified atom stereocenters. The second-order valence-electron chi connectivity index (χ2n) is 5.64. The van der Waals surface area contributed by atoms with Gasteiger partial charge in [0.05, 0.1) is 5.39 Å². The fraction of sp³-hybridized carbons (Fsp3) is 0.278. The van der Waals surface area contributed by atoms with Gasteiger partial charge >= 0.3 is 5.97 Å². The first-order chi connectivity index (χ1) is 12.0. The first kappa shape index (κ1) is 17.2. The number of rotatable bonds is 5. The molecular formula is C18H18N2O4S. The van der Waals surface area contributed by atoms with Crippen molar-refractivity contribution in [3.63, 3.8) is 0 Å². The zero-order valence-corrected chi connectivity index (χ0v) is 15.0. The summed E-state index contributed by atoms with van der Waals surface area (Å²) in [6, 6.07) is 7.65. The van der Waals surface area contributed by atoms with Crippen molar-refractivity contribution in [2.45, 2.75) is 20.8 Å². The van der Waals surface area contributed by atoms with Crippen LogP contribution in [0, 0.1) is 20.8 Å². The number of benzene rings is 1. The molecule has 0 saturated heterocycles. The lowest BCUT2D eigenvalue weighted by atomic mass is 10.2. The molecule has 0 saturated carbocycles. The van der Waals surface area contributed by atoms with E-state index in [1.54, 1.807) is 13.8 Å². The molecule has 3 rings (SSSR count). The number of aromatic amines is 1. The minimum Gasteiger partial charge on any atom is -0.490 e. The topological polar surface area (TPSA) is 81.3 Å². The van der Waals surface area contributed by atoms with Crippen molar-refractivity contribution in [2.75, 3.05) is 13.2 Å². The summed E-state index contributed by atoms with van der Waals surface area (Å²) in [5.74, 6) is 0.819. The standard InChI is InChI=1S/C18H18N2O4S/c1-10-6-4-5-7-13(10)23-8-9-24-18(22)15-11(2)14-16(21)19-12(3)20-17(14)25-15/h4-7H,8-9H2,1-3H3,(H,19,20,21). The van der Waals surface area contributed by atoms with Gasteiger partial charge in [0.15, 0.2) is 0 Å². The molecule has 3 aromatic rings. The fourth-order valence-electron chi connectivity index (χ4n) is 2.52. The van der Waals surface area contributed by atoms with E-state index in [2.05, 4.69) is 9.97 Å². The number of fused-ring (bicyclic) bond motifs is 1. The number of carbonyl (C=O) groups excluding carboxylic acids is 1. The summed E-state index contributed by atoms with van der Waals surface area (Å²) in [4.78, 5) is 32.2. The van der Waals surface area contributed by atoms with Gasteiger partial charge in [0.25, 0.3) is 5.56 Å². The van der Waals surface area contributed by atoms with E-state index in [0.717, 1.165) is 11.3 Å². The highest BCUT2D eigenvalue weighted by Gasteiger charge is 2.20. The summed E-state index contributed by atoms with van der Waals surface area (Å²) >= 11 is 1.17. The number of hydrogen-bond acceptors (Lipinski definition) is 6. The van der Waals surface area contributed by atoms with Gasteiger partial charge in [0.1, 0.15) is 34.5 Å². The molecule has 1 N–H and O–H groups in total. The van der Waals surface area contributed by atoms with Crippen molar-refractivity contribution in [3.05, 3.63) is 56.4 Å². The van der Waals surface area contributed by atoms with E-state index in [-0.39, 0.29) is 18.8 Å². The van der Waals surface area contributed by atoms with Crippen LogP contribution in [0.5, 0.6) is 5.75 Å². The number of hydrogen-bond donors (Lipinski definition) is 1. The summed E-state index contributed by atoms with van der Waals surface area (Å²) in [5, 5.41) is 0.443. The summed E-state index contributed by atoms with van der Waals surface area (Å²) in [5.41, 5.74) is 1.38. The van der Waals surface area contributed by atoms with Gasteiger partial charge in [-0.2, -0.15) is 0 Å². The minimum atomic E-state index is -0.467. The molecule has 2 aromatic heterocycles. The molecule has 0 aliphatic carbocycles. The lowest BCUT2D eigenvalue weighted by molar-refractivity contribution is 0.0455. The van der Waals surface area contributed by atoms with Crippen LogP contribution in [0.15, 0.2) is 29.1 Å². The monoisotopic (exact) mass is 358 g/mol. The van der Waals surface area contributed by atoms with Gasteiger partial charge in [-0.1, -0.05) is 18.2 Å². The Morgan fingerprint density at radius 2 is 1.96 bits per heavy atom. The van der Waals surface area contributed by atoms with Crippen molar-refractivity contribution in [2.24, 2.45) is 0 Å². The molecule has 0 bridgehead atoms. The maximum Gasteiger partial charge on any atom is 0.348 e. The molecule has 2 heterocycles. The van der Waals surface area contributed by atoms with Crippen molar-refractivity contribution in [1.29, 1.82) is 0 Å². The van der Waals surface area contributed by atoms with E-state index < -0.39 is 5.97 Å². The highest BCUT2D eigenvalue weighted by molar-refractivity contribution is 7.20. The first-order valence-corrected chi connectivity index (χ1v) is 8.64. The minimum absolute atomic E-state index is 0.129. The SMILES string of the molecule is Cc1nc2sc(C(=O)OCCOc3ccccc3C)c(C)c2c(=O)[nH]1. The number of carbonyl (C=O) groups is 1. The number of aromatic nitrogens is 2. The second kappa shape index (κ2) is 7.06. The average Bonchev–Trinajstić information content (AvgIpc) is 2.89. The van der Waals surface area contributed by atoms with Gasteiger partial charge in [0, 0.05) is 0 Å². The van der Waals surface area contributed by atoms with Crippen LogP contribution in [0.3, 0.4) is 0 Å². The van der Waals surface area contributed by atoms with Crippen molar-refractivity contribution >= 4 is 27.5 Å². The van der Waals surface area contributed by atoms with E-state index >= 15 is 0 Å². The Morgan fingerprint density at radius 3 is 2.72 bits per heavy atom. The molecule has 7 heteroatoms. The Bertz CT molecular complexity index is 990. The maximum absolute atomic E-state index is 12.3. The van der Waals surface area contributed by atoms with Gasteiger partial charge in [-0.25, -0.2) is 9.78 Å². The average molecular weight is 358 g/mol. The van der Waals surface area contributed by atoms with Crippen molar-refractivity contribution < 1.29 is 14.3 Å². The van der Waals surface area contributed by atoms with Crippen LogP contribution >= 0.6 is 11.3 Å². The molecule has 0 aliphatic heterocycles. The molecular weight excluding hydrogens is 340 g/mol. The van der Waals surface area contributed by atoms with E-state index in [1.165, 1.54) is 11.3 Å². The number of H-pyrrole nitrogens is 1. The molecule has 25 heavy (non-hydrogen) atoms. The molecule has 0 fully saturated rings. The number of esters is 1. The lowest BCUT2D eigenvalue weighted by Crippen LogP contribution is -2.13. The smallest absolute Gasteiger partial charge is 0.348 e. The summed E-state index contributed by atoms with van der Waals surface area (Å²) in [6.07, 6.45) is 0. The number of nitrogens with zero attached hydrogens (tertiary/aromatic N) is 1. The zero-order valence-electron chi connectivity index (χ0n) is 14.2. The highest BCUT2D eigenvalue weighted by atomic mass is 32.1. The number of para-hydroxylation sites is 1. The summed E-state index contributed by atoms with van der Waals surface area (Å²) in [6.45, 7) is 5.78. The molecule has 1 aromatic carbocycles. The van der Waals surface area contributed by atoms with E-state index in [4.69, 9.17) is 9.47 Å². The van der Waals surface area contributed by atoms with Gasteiger partial charge < -0.3 is 14.5 Å². The molecule has 0 spiro atoms. The Morgan fingerprint density at radius 1 is 1.20 bits per heavy atom. The van der Waals surface area contributed by atoms with Gasteiger partial charge in [-0.15, -0.1) is 11.3 Å². The quantitative estimate of drug-likeness (QED) is 0.560. The maximum atomic E-state index is 12.3. The zero-order chi connectivity index (χ0) is 18.0. The van der Waals surface area contributed by atoms with Crippen LogP contribution in [0.25, 0.3) is 10.2 Å². The van der Waals surface area contributed by atoms with Gasteiger partial charge in [-0.3, -0.25) is 4.79 Å². The summed E-state index contributed by atoms with van der Waals surface area (Å²) in [7, 11) is 0.